The molecule has 98 valence electrons. The summed E-state index contributed by atoms with van der Waals surface area (Å²) in [4.78, 5) is 23.7. The first-order valence-corrected chi connectivity index (χ1v) is 6.31. The van der Waals surface area contributed by atoms with E-state index in [1.54, 1.807) is 6.92 Å². The molecule has 2 amide bonds. The molecule has 0 aromatic heterocycles. The highest BCUT2D eigenvalue weighted by molar-refractivity contribution is 5.80. The van der Waals surface area contributed by atoms with Gasteiger partial charge < -0.3 is 15.3 Å². The molecule has 1 aliphatic carbocycles. The zero-order valence-corrected chi connectivity index (χ0v) is 10.6. The van der Waals surface area contributed by atoms with Crippen molar-refractivity contribution in [3.63, 3.8) is 0 Å². The second-order valence-corrected chi connectivity index (χ2v) is 4.69. The van der Waals surface area contributed by atoms with E-state index in [2.05, 4.69) is 5.32 Å². The topological polar surface area (TPSA) is 69.6 Å². The van der Waals surface area contributed by atoms with Gasteiger partial charge in [0.25, 0.3) is 0 Å². The van der Waals surface area contributed by atoms with Gasteiger partial charge in [-0.15, -0.1) is 0 Å². The van der Waals surface area contributed by atoms with Crippen LogP contribution in [0.25, 0.3) is 0 Å². The number of nitrogens with zero attached hydrogens (tertiary/aromatic N) is 1. The molecule has 5 nitrogen and oxygen atoms in total. The van der Waals surface area contributed by atoms with Crippen LogP contribution >= 0.6 is 0 Å². The van der Waals surface area contributed by atoms with Crippen LogP contribution in [0.1, 0.15) is 39.5 Å². The molecule has 2 N–H and O–H groups in total. The van der Waals surface area contributed by atoms with Gasteiger partial charge >= 0.3 is 12.0 Å². The van der Waals surface area contributed by atoms with E-state index >= 15 is 0 Å². The molecule has 1 fully saturated rings. The van der Waals surface area contributed by atoms with Crippen molar-refractivity contribution in [2.75, 3.05) is 13.1 Å². The van der Waals surface area contributed by atoms with Crippen LogP contribution in [-0.4, -0.2) is 41.1 Å². The van der Waals surface area contributed by atoms with Crippen LogP contribution in [0.2, 0.25) is 0 Å². The molecule has 1 saturated carbocycles. The van der Waals surface area contributed by atoms with E-state index in [4.69, 9.17) is 5.11 Å². The van der Waals surface area contributed by atoms with Gasteiger partial charge in [0.05, 0.1) is 0 Å². The van der Waals surface area contributed by atoms with Crippen molar-refractivity contribution in [2.45, 2.75) is 45.6 Å². The molecule has 0 aliphatic heterocycles. The summed E-state index contributed by atoms with van der Waals surface area (Å²) < 4.78 is 0. The maximum absolute atomic E-state index is 11.8. The minimum Gasteiger partial charge on any atom is -0.480 e. The number of aliphatic carboxylic acids is 1. The number of carbonyl (C=O) groups is 2. The maximum atomic E-state index is 11.8. The molecule has 17 heavy (non-hydrogen) atoms. The lowest BCUT2D eigenvalue weighted by Crippen LogP contribution is -2.47. The van der Waals surface area contributed by atoms with Crippen LogP contribution < -0.4 is 5.32 Å². The van der Waals surface area contributed by atoms with Gasteiger partial charge in [-0.25, -0.2) is 4.79 Å². The quantitative estimate of drug-likeness (QED) is 0.770. The Labute approximate surface area is 102 Å². The number of carboxylic acids is 1. The summed E-state index contributed by atoms with van der Waals surface area (Å²) in [6.07, 6.45) is 4.79. The summed E-state index contributed by atoms with van der Waals surface area (Å²) in [6, 6.07) is -0.137. The van der Waals surface area contributed by atoms with Gasteiger partial charge in [0.15, 0.2) is 0 Å². The third-order valence-corrected chi connectivity index (χ3v) is 3.45. The van der Waals surface area contributed by atoms with Crippen molar-refractivity contribution in [1.82, 2.24) is 10.2 Å². The van der Waals surface area contributed by atoms with Gasteiger partial charge in [-0.2, -0.15) is 0 Å². The van der Waals surface area contributed by atoms with Gasteiger partial charge in [0.2, 0.25) is 0 Å². The summed E-state index contributed by atoms with van der Waals surface area (Å²) in [5.41, 5.74) is 0. The second-order valence-electron chi connectivity index (χ2n) is 4.69. The third-order valence-electron chi connectivity index (χ3n) is 3.45. The molecule has 0 aromatic carbocycles. The Morgan fingerprint density at radius 3 is 2.47 bits per heavy atom. The molecule has 1 atom stereocenters. The monoisotopic (exact) mass is 242 g/mol. The van der Waals surface area contributed by atoms with E-state index in [0.717, 1.165) is 12.8 Å². The number of rotatable bonds is 5. The third kappa shape index (κ3) is 4.24. The van der Waals surface area contributed by atoms with Crippen molar-refractivity contribution in [3.8, 4) is 0 Å². The number of nitrogens with one attached hydrogen (secondary N) is 1. The normalized spacial score (nSPS) is 17.8. The van der Waals surface area contributed by atoms with Crippen molar-refractivity contribution in [2.24, 2.45) is 5.92 Å². The largest absolute Gasteiger partial charge is 0.480 e. The van der Waals surface area contributed by atoms with Crippen LogP contribution in [0.5, 0.6) is 0 Å². The number of carbonyl (C=O) groups excluding carboxylic acids is 1. The second kappa shape index (κ2) is 6.47. The number of hydrogen-bond donors (Lipinski definition) is 2. The Bertz CT molecular complexity index is 275. The summed E-state index contributed by atoms with van der Waals surface area (Å²) in [6.45, 7) is 3.96. The fraction of sp³-hybridized carbons (Fsp3) is 0.833. The number of carboxylic acid groups (broad SMARTS) is 1. The molecule has 0 saturated heterocycles. The number of urea groups is 1. The summed E-state index contributed by atoms with van der Waals surface area (Å²) >= 11 is 0. The molecule has 5 heteroatoms. The summed E-state index contributed by atoms with van der Waals surface area (Å²) in [5, 5.41) is 11.6. The average molecular weight is 242 g/mol. The van der Waals surface area contributed by atoms with Crippen molar-refractivity contribution in [3.05, 3.63) is 0 Å². The van der Waals surface area contributed by atoms with E-state index in [1.165, 1.54) is 17.7 Å². The summed E-state index contributed by atoms with van der Waals surface area (Å²) in [7, 11) is 0. The van der Waals surface area contributed by atoms with E-state index in [-0.39, 0.29) is 18.6 Å². The zero-order valence-electron chi connectivity index (χ0n) is 10.6. The fourth-order valence-electron chi connectivity index (χ4n) is 2.35. The molecule has 0 bridgehead atoms. The highest BCUT2D eigenvalue weighted by Gasteiger charge is 2.24. The molecule has 0 heterocycles. The maximum Gasteiger partial charge on any atom is 0.323 e. The van der Waals surface area contributed by atoms with Gasteiger partial charge in [0.1, 0.15) is 6.54 Å². The minimum absolute atomic E-state index is 0.132. The predicted octanol–water partition coefficient (Wildman–Crippen LogP) is 1.68. The van der Waals surface area contributed by atoms with Crippen LogP contribution in [0, 0.1) is 5.92 Å². The molecule has 0 spiro atoms. The van der Waals surface area contributed by atoms with Crippen LogP contribution in [0.15, 0.2) is 0 Å². The highest BCUT2D eigenvalue weighted by Crippen LogP contribution is 2.27. The molecular formula is C12H22N2O3. The van der Waals surface area contributed by atoms with Crippen molar-refractivity contribution in [1.29, 1.82) is 0 Å². The molecular weight excluding hydrogens is 220 g/mol. The fourth-order valence-corrected chi connectivity index (χ4v) is 2.35. The number of hydrogen-bond acceptors (Lipinski definition) is 2. The molecule has 0 radical (unpaired) electrons. The Morgan fingerprint density at radius 2 is 2.00 bits per heavy atom. The van der Waals surface area contributed by atoms with Crippen LogP contribution in [0.4, 0.5) is 4.79 Å². The van der Waals surface area contributed by atoms with E-state index in [0.29, 0.717) is 12.5 Å². The van der Waals surface area contributed by atoms with E-state index in [1.807, 2.05) is 6.92 Å². The van der Waals surface area contributed by atoms with Crippen molar-refractivity contribution >= 4 is 12.0 Å². The number of likely N-dealkylation sites (N-methyl/N-ethyl adjacent to an activating group) is 1. The zero-order chi connectivity index (χ0) is 12.8. The van der Waals surface area contributed by atoms with Gasteiger partial charge in [-0.05, 0) is 32.6 Å². The minimum atomic E-state index is -0.976. The Morgan fingerprint density at radius 1 is 1.41 bits per heavy atom. The van der Waals surface area contributed by atoms with E-state index in [9.17, 15) is 9.59 Å². The molecule has 0 aromatic rings. The van der Waals surface area contributed by atoms with Gasteiger partial charge in [-0.3, -0.25) is 4.79 Å². The summed E-state index contributed by atoms with van der Waals surface area (Å²) in [5.74, 6) is -0.432. The Kier molecular flexibility index (Phi) is 5.25. The first-order chi connectivity index (χ1) is 8.04. The molecule has 1 aliphatic rings. The standard InChI is InChI=1S/C12H22N2O3/c1-3-14(8-11(15)16)12(17)13-9(2)10-6-4-5-7-10/h9-10H,3-8H2,1-2H3,(H,13,17)(H,15,16). The van der Waals surface area contributed by atoms with Gasteiger partial charge in [-0.1, -0.05) is 12.8 Å². The first-order valence-electron chi connectivity index (χ1n) is 6.31. The van der Waals surface area contributed by atoms with E-state index < -0.39 is 5.97 Å². The SMILES string of the molecule is CCN(CC(=O)O)C(=O)NC(C)C1CCCC1. The highest BCUT2D eigenvalue weighted by atomic mass is 16.4. The molecule has 1 unspecified atom stereocenters. The van der Waals surface area contributed by atoms with Gasteiger partial charge in [0, 0.05) is 12.6 Å². The van der Waals surface area contributed by atoms with Crippen molar-refractivity contribution < 1.29 is 14.7 Å². The average Bonchev–Trinajstić information content (AvgIpc) is 2.78. The van der Waals surface area contributed by atoms with Crippen LogP contribution in [0.3, 0.4) is 0 Å². The predicted molar refractivity (Wildman–Crippen MR) is 64.8 cm³/mol. The Balaban J connectivity index is 2.42. The lowest BCUT2D eigenvalue weighted by atomic mass is 10.0. The lowest BCUT2D eigenvalue weighted by Gasteiger charge is -2.25. The Hall–Kier alpha value is -1.26. The number of amides is 2. The first kappa shape index (κ1) is 13.8. The molecule has 1 rings (SSSR count). The smallest absolute Gasteiger partial charge is 0.323 e. The lowest BCUT2D eigenvalue weighted by molar-refractivity contribution is -0.137. The van der Waals surface area contributed by atoms with Crippen LogP contribution in [-0.2, 0) is 4.79 Å².